The molecule has 0 bridgehead atoms. The van der Waals surface area contributed by atoms with Crippen molar-refractivity contribution in [1.82, 2.24) is 9.97 Å². The molecule has 1 heterocycles. The van der Waals surface area contributed by atoms with Crippen molar-refractivity contribution >= 4 is 11.6 Å². The minimum atomic E-state index is 0.531. The van der Waals surface area contributed by atoms with Gasteiger partial charge in [-0.1, -0.05) is 6.92 Å². The Bertz CT molecular complexity index is 317. The van der Waals surface area contributed by atoms with Crippen LogP contribution in [-0.4, -0.2) is 16.5 Å². The molecule has 0 spiro atoms. The summed E-state index contributed by atoms with van der Waals surface area (Å²) in [5, 5.41) is 3.29. The lowest BCUT2D eigenvalue weighted by Gasteiger charge is -2.05. The van der Waals surface area contributed by atoms with E-state index in [1.807, 2.05) is 6.92 Å². The molecule has 4 nitrogen and oxygen atoms in total. The Morgan fingerprint density at radius 3 is 2.86 bits per heavy atom. The molecule has 14 heavy (non-hydrogen) atoms. The van der Waals surface area contributed by atoms with E-state index in [-0.39, 0.29) is 0 Å². The average Bonchev–Trinajstić information content (AvgIpc) is 2.77. The highest BCUT2D eigenvalue weighted by molar-refractivity contribution is 5.44. The third kappa shape index (κ3) is 2.13. The maximum absolute atomic E-state index is 5.62. The van der Waals surface area contributed by atoms with Crippen molar-refractivity contribution in [3.05, 3.63) is 11.9 Å². The number of nitrogens with one attached hydrogen (secondary N) is 1. The largest absolute Gasteiger partial charge is 0.384 e. The minimum absolute atomic E-state index is 0.531. The second kappa shape index (κ2) is 3.44. The zero-order valence-electron chi connectivity index (χ0n) is 8.62. The van der Waals surface area contributed by atoms with Crippen LogP contribution >= 0.6 is 0 Å². The number of anilines is 2. The number of hydrogen-bond acceptors (Lipinski definition) is 4. The maximum atomic E-state index is 5.62. The summed E-state index contributed by atoms with van der Waals surface area (Å²) < 4.78 is 0. The van der Waals surface area contributed by atoms with Crippen molar-refractivity contribution in [2.45, 2.75) is 20.3 Å². The van der Waals surface area contributed by atoms with Gasteiger partial charge in [-0.25, -0.2) is 9.97 Å². The molecule has 1 aromatic heterocycles. The number of nitrogens with two attached hydrogens (primary N) is 1. The molecule has 2 rings (SSSR count). The first-order chi connectivity index (χ1) is 6.65. The molecule has 4 heteroatoms. The van der Waals surface area contributed by atoms with Crippen molar-refractivity contribution in [2.75, 3.05) is 17.6 Å². The number of aromatic nitrogens is 2. The summed E-state index contributed by atoms with van der Waals surface area (Å²) in [5.41, 5.74) is 5.62. The average molecular weight is 192 g/mol. The lowest BCUT2D eigenvalue weighted by molar-refractivity contribution is 0.783. The highest BCUT2D eigenvalue weighted by Gasteiger charge is 2.31. The van der Waals surface area contributed by atoms with Crippen LogP contribution in [0.5, 0.6) is 0 Å². The van der Waals surface area contributed by atoms with E-state index in [1.165, 1.54) is 6.42 Å². The number of aryl methyl sites for hydroxylation is 1. The van der Waals surface area contributed by atoms with Crippen molar-refractivity contribution in [3.8, 4) is 0 Å². The number of hydrogen-bond donors (Lipinski definition) is 2. The third-order valence-corrected chi connectivity index (χ3v) is 2.68. The molecule has 2 atom stereocenters. The van der Waals surface area contributed by atoms with Gasteiger partial charge in [-0.15, -0.1) is 0 Å². The van der Waals surface area contributed by atoms with Gasteiger partial charge in [0.05, 0.1) is 0 Å². The fraction of sp³-hybridized carbons (Fsp3) is 0.600. The first-order valence-electron chi connectivity index (χ1n) is 5.00. The Morgan fingerprint density at radius 2 is 2.29 bits per heavy atom. The molecule has 1 aromatic rings. The third-order valence-electron chi connectivity index (χ3n) is 2.68. The van der Waals surface area contributed by atoms with Crippen molar-refractivity contribution in [1.29, 1.82) is 0 Å². The van der Waals surface area contributed by atoms with Crippen molar-refractivity contribution in [2.24, 2.45) is 11.8 Å². The smallest absolute Gasteiger partial charge is 0.131 e. The summed E-state index contributed by atoms with van der Waals surface area (Å²) >= 11 is 0. The van der Waals surface area contributed by atoms with Crippen molar-refractivity contribution < 1.29 is 0 Å². The summed E-state index contributed by atoms with van der Waals surface area (Å²) in [6.45, 7) is 5.12. The van der Waals surface area contributed by atoms with Crippen LogP contribution < -0.4 is 11.1 Å². The molecule has 0 radical (unpaired) electrons. The SMILES string of the molecule is Cc1nc(N)cc(NCC2CC2C)n1. The molecule has 0 aliphatic heterocycles. The van der Waals surface area contributed by atoms with E-state index in [9.17, 15) is 0 Å². The van der Waals surface area contributed by atoms with Gasteiger partial charge in [0, 0.05) is 12.6 Å². The molecule has 3 N–H and O–H groups in total. The molecule has 0 aromatic carbocycles. The topological polar surface area (TPSA) is 63.8 Å². The van der Waals surface area contributed by atoms with Crippen LogP contribution in [0.25, 0.3) is 0 Å². The molecule has 1 fully saturated rings. The van der Waals surface area contributed by atoms with E-state index in [0.29, 0.717) is 5.82 Å². The minimum Gasteiger partial charge on any atom is -0.384 e. The van der Waals surface area contributed by atoms with Crippen LogP contribution in [0.2, 0.25) is 0 Å². The lowest BCUT2D eigenvalue weighted by Crippen LogP contribution is -2.08. The molecular weight excluding hydrogens is 176 g/mol. The van der Waals surface area contributed by atoms with Crippen molar-refractivity contribution in [3.63, 3.8) is 0 Å². The molecule has 2 unspecified atom stereocenters. The predicted octanol–water partition coefficient (Wildman–Crippen LogP) is 1.44. The molecular formula is C10H16N4. The Labute approximate surface area is 83.9 Å². The van der Waals surface area contributed by atoms with E-state index >= 15 is 0 Å². The van der Waals surface area contributed by atoms with E-state index in [4.69, 9.17) is 5.73 Å². The van der Waals surface area contributed by atoms with Crippen LogP contribution in [0.1, 0.15) is 19.2 Å². The fourth-order valence-electron chi connectivity index (χ4n) is 1.60. The normalized spacial score (nSPS) is 24.7. The highest BCUT2D eigenvalue weighted by Crippen LogP contribution is 2.37. The Morgan fingerprint density at radius 1 is 1.57 bits per heavy atom. The molecule has 1 saturated carbocycles. The molecule has 1 aliphatic carbocycles. The predicted molar refractivity (Wildman–Crippen MR) is 56.9 cm³/mol. The molecule has 0 saturated heterocycles. The van der Waals surface area contributed by atoms with Gasteiger partial charge in [-0.2, -0.15) is 0 Å². The van der Waals surface area contributed by atoms with E-state index in [1.54, 1.807) is 6.07 Å². The summed E-state index contributed by atoms with van der Waals surface area (Å²) in [7, 11) is 0. The van der Waals surface area contributed by atoms with E-state index in [2.05, 4.69) is 22.2 Å². The molecule has 76 valence electrons. The summed E-state index contributed by atoms with van der Waals surface area (Å²) in [4.78, 5) is 8.28. The van der Waals surface area contributed by atoms with Gasteiger partial charge in [0.2, 0.25) is 0 Å². The van der Waals surface area contributed by atoms with Crippen LogP contribution in [0.15, 0.2) is 6.07 Å². The first kappa shape index (κ1) is 9.24. The molecule has 0 amide bonds. The number of nitrogens with zero attached hydrogens (tertiary/aromatic N) is 2. The Kier molecular flexibility index (Phi) is 2.27. The Balaban J connectivity index is 1.95. The number of nitrogen functional groups attached to an aromatic ring is 1. The van der Waals surface area contributed by atoms with E-state index < -0.39 is 0 Å². The quantitative estimate of drug-likeness (QED) is 0.760. The van der Waals surface area contributed by atoms with Gasteiger partial charge < -0.3 is 11.1 Å². The van der Waals surface area contributed by atoms with Gasteiger partial charge in [0.15, 0.2) is 0 Å². The summed E-state index contributed by atoms with van der Waals surface area (Å²) in [6, 6.07) is 1.78. The van der Waals surface area contributed by atoms with Gasteiger partial charge in [-0.3, -0.25) is 0 Å². The molecule has 1 aliphatic rings. The lowest BCUT2D eigenvalue weighted by atomic mass is 10.3. The van der Waals surface area contributed by atoms with Gasteiger partial charge in [-0.05, 0) is 25.2 Å². The van der Waals surface area contributed by atoms with E-state index in [0.717, 1.165) is 30.0 Å². The van der Waals surface area contributed by atoms with Crippen LogP contribution in [0.3, 0.4) is 0 Å². The second-order valence-corrected chi connectivity index (χ2v) is 4.08. The van der Waals surface area contributed by atoms with Gasteiger partial charge in [0.25, 0.3) is 0 Å². The summed E-state index contributed by atoms with van der Waals surface area (Å²) in [5.74, 6) is 3.77. The summed E-state index contributed by atoms with van der Waals surface area (Å²) in [6.07, 6.45) is 1.33. The van der Waals surface area contributed by atoms with Gasteiger partial charge in [0.1, 0.15) is 17.5 Å². The number of rotatable bonds is 3. The van der Waals surface area contributed by atoms with Gasteiger partial charge >= 0.3 is 0 Å². The monoisotopic (exact) mass is 192 g/mol. The Hall–Kier alpha value is -1.32. The second-order valence-electron chi connectivity index (χ2n) is 4.08. The standard InChI is InChI=1S/C10H16N4/c1-6-3-8(6)5-12-10-4-9(11)13-7(2)14-10/h4,6,8H,3,5H2,1-2H3,(H3,11,12,13,14). The zero-order valence-corrected chi connectivity index (χ0v) is 8.62. The fourth-order valence-corrected chi connectivity index (χ4v) is 1.60. The highest BCUT2D eigenvalue weighted by atomic mass is 15.0. The zero-order chi connectivity index (χ0) is 10.1. The first-order valence-corrected chi connectivity index (χ1v) is 5.00. The van der Waals surface area contributed by atoms with Crippen LogP contribution in [-0.2, 0) is 0 Å². The maximum Gasteiger partial charge on any atom is 0.131 e. The van der Waals surface area contributed by atoms with Crippen LogP contribution in [0.4, 0.5) is 11.6 Å². The van der Waals surface area contributed by atoms with Crippen LogP contribution in [0, 0.1) is 18.8 Å².